The molecule has 3 heterocycles. The molecule has 0 saturated carbocycles. The summed E-state index contributed by atoms with van der Waals surface area (Å²) in [6.07, 6.45) is 1.69. The van der Waals surface area contributed by atoms with Crippen LogP contribution in [0.3, 0.4) is 0 Å². The Bertz CT molecular complexity index is 1370. The van der Waals surface area contributed by atoms with E-state index in [1.807, 2.05) is 24.3 Å². The Morgan fingerprint density at radius 1 is 1.06 bits per heavy atom. The first kappa shape index (κ1) is 21.8. The summed E-state index contributed by atoms with van der Waals surface area (Å²) < 4.78 is 17.8. The molecule has 34 heavy (non-hydrogen) atoms. The van der Waals surface area contributed by atoms with E-state index in [0.717, 1.165) is 12.8 Å². The molecular weight excluding hydrogens is 436 g/mol. The number of nitrogens with zero attached hydrogens (tertiary/aromatic N) is 3. The number of carbonyl (C=O) groups excluding carboxylic acids is 2. The van der Waals surface area contributed by atoms with Gasteiger partial charge in [-0.15, -0.1) is 0 Å². The van der Waals surface area contributed by atoms with Crippen LogP contribution in [0, 0.1) is 0 Å². The molecule has 0 bridgehead atoms. The van der Waals surface area contributed by atoms with Gasteiger partial charge in [-0.2, -0.15) is 0 Å². The summed E-state index contributed by atoms with van der Waals surface area (Å²) in [6, 6.07) is 14.1. The molecule has 9 heteroatoms. The van der Waals surface area contributed by atoms with Gasteiger partial charge in [0.05, 0.1) is 29.3 Å². The highest BCUT2D eigenvalue weighted by Crippen LogP contribution is 2.32. The fourth-order valence-corrected chi connectivity index (χ4v) is 4.10. The van der Waals surface area contributed by atoms with Crippen LogP contribution in [0.1, 0.15) is 40.5 Å². The van der Waals surface area contributed by atoms with Crippen molar-refractivity contribution in [2.75, 3.05) is 25.6 Å². The number of nitrogen functional groups attached to an aromatic ring is 1. The van der Waals surface area contributed by atoms with Crippen LogP contribution in [-0.2, 0) is 14.2 Å². The Hall–Kier alpha value is -3.98. The topological polar surface area (TPSA) is 119 Å². The molecule has 2 N–H and O–H groups in total. The number of ether oxygens (including phenoxy) is 3. The number of aromatic nitrogens is 3. The van der Waals surface area contributed by atoms with E-state index in [-0.39, 0.29) is 30.7 Å². The molecule has 1 atom stereocenters. The van der Waals surface area contributed by atoms with Crippen molar-refractivity contribution in [1.29, 1.82) is 0 Å². The minimum Gasteiger partial charge on any atom is -0.462 e. The number of anilines is 1. The number of nitrogens with two attached hydrogens (primary N) is 1. The van der Waals surface area contributed by atoms with Crippen LogP contribution >= 0.6 is 0 Å². The average molecular weight is 460 g/mol. The third kappa shape index (κ3) is 3.94. The van der Waals surface area contributed by atoms with Crippen molar-refractivity contribution in [2.45, 2.75) is 25.9 Å². The molecule has 4 aromatic rings. The Labute approximate surface area is 195 Å². The number of benzene rings is 2. The zero-order valence-corrected chi connectivity index (χ0v) is 18.7. The molecule has 0 unspecified atom stereocenters. The van der Waals surface area contributed by atoms with Crippen molar-refractivity contribution in [1.82, 2.24) is 14.5 Å². The monoisotopic (exact) mass is 460 g/mol. The first-order chi connectivity index (χ1) is 16.6. The van der Waals surface area contributed by atoms with Gasteiger partial charge in [0.1, 0.15) is 23.5 Å². The van der Waals surface area contributed by atoms with Crippen LogP contribution in [0.2, 0.25) is 0 Å². The Balaban J connectivity index is 1.60. The van der Waals surface area contributed by atoms with Crippen molar-refractivity contribution in [3.8, 4) is 5.69 Å². The molecule has 0 aliphatic carbocycles. The Kier molecular flexibility index (Phi) is 5.85. The number of esters is 2. The van der Waals surface area contributed by atoms with Gasteiger partial charge in [-0.3, -0.25) is 4.57 Å². The highest BCUT2D eigenvalue weighted by atomic mass is 16.6. The van der Waals surface area contributed by atoms with E-state index in [1.165, 1.54) is 0 Å². The smallest absolute Gasteiger partial charge is 0.344 e. The van der Waals surface area contributed by atoms with Gasteiger partial charge in [-0.25, -0.2) is 19.6 Å². The number of hydrogen-bond acceptors (Lipinski definition) is 8. The van der Waals surface area contributed by atoms with Crippen molar-refractivity contribution >= 4 is 40.0 Å². The summed E-state index contributed by atoms with van der Waals surface area (Å²) in [7, 11) is 0. The first-order valence-corrected chi connectivity index (χ1v) is 11.2. The second kappa shape index (κ2) is 9.11. The number of rotatable bonds is 6. The predicted octanol–water partition coefficient (Wildman–Crippen LogP) is 3.67. The molecule has 9 nitrogen and oxygen atoms in total. The van der Waals surface area contributed by atoms with Crippen LogP contribution in [0.4, 0.5) is 5.82 Å². The number of carbonyl (C=O) groups is 2. The maximum Gasteiger partial charge on any atom is 0.344 e. The largest absolute Gasteiger partial charge is 0.462 e. The summed E-state index contributed by atoms with van der Waals surface area (Å²) >= 11 is 0. The molecule has 2 aromatic heterocycles. The average Bonchev–Trinajstić information content (AvgIpc) is 3.47. The minimum atomic E-state index is -0.579. The van der Waals surface area contributed by atoms with Gasteiger partial charge in [-0.05, 0) is 56.2 Å². The third-order valence-corrected chi connectivity index (χ3v) is 5.76. The zero-order chi connectivity index (χ0) is 23.7. The molecule has 0 amide bonds. The van der Waals surface area contributed by atoms with E-state index in [9.17, 15) is 9.59 Å². The van der Waals surface area contributed by atoms with Crippen molar-refractivity contribution in [2.24, 2.45) is 0 Å². The lowest BCUT2D eigenvalue weighted by molar-refractivity contribution is 0.0163. The molecule has 1 saturated heterocycles. The zero-order valence-electron chi connectivity index (χ0n) is 18.7. The maximum absolute atomic E-state index is 13.1. The van der Waals surface area contributed by atoms with Gasteiger partial charge in [0, 0.05) is 12.3 Å². The van der Waals surface area contributed by atoms with Gasteiger partial charge in [0.25, 0.3) is 0 Å². The lowest BCUT2D eigenvalue weighted by Gasteiger charge is -2.11. The highest BCUT2D eigenvalue weighted by molar-refractivity contribution is 6.09. The fourth-order valence-electron chi connectivity index (χ4n) is 4.10. The van der Waals surface area contributed by atoms with E-state index in [1.54, 1.807) is 35.8 Å². The fraction of sp³-hybridized carbons (Fsp3) is 0.280. The van der Waals surface area contributed by atoms with Gasteiger partial charge in [-0.1, -0.05) is 12.1 Å². The lowest BCUT2D eigenvalue weighted by Crippen LogP contribution is -2.18. The molecule has 174 valence electrons. The molecule has 1 aliphatic rings. The molecule has 1 aliphatic heterocycles. The predicted molar refractivity (Wildman–Crippen MR) is 126 cm³/mol. The van der Waals surface area contributed by atoms with E-state index in [0.29, 0.717) is 40.1 Å². The summed E-state index contributed by atoms with van der Waals surface area (Å²) in [4.78, 5) is 34.6. The van der Waals surface area contributed by atoms with Crippen LogP contribution in [-0.4, -0.2) is 52.4 Å². The highest BCUT2D eigenvalue weighted by Gasteiger charge is 2.27. The summed E-state index contributed by atoms with van der Waals surface area (Å²) in [5.41, 5.74) is 9.76. The Morgan fingerprint density at radius 3 is 2.47 bits per heavy atom. The van der Waals surface area contributed by atoms with E-state index >= 15 is 0 Å². The van der Waals surface area contributed by atoms with Gasteiger partial charge < -0.3 is 19.9 Å². The van der Waals surface area contributed by atoms with E-state index in [2.05, 4.69) is 4.98 Å². The third-order valence-electron chi connectivity index (χ3n) is 5.76. The molecule has 0 spiro atoms. The number of hydrogen-bond donors (Lipinski definition) is 1. The van der Waals surface area contributed by atoms with E-state index < -0.39 is 11.9 Å². The molecule has 5 rings (SSSR count). The summed E-state index contributed by atoms with van der Waals surface area (Å²) in [6.45, 7) is 2.86. The first-order valence-electron chi connectivity index (χ1n) is 11.2. The van der Waals surface area contributed by atoms with E-state index in [4.69, 9.17) is 24.9 Å². The molecule has 2 aromatic carbocycles. The van der Waals surface area contributed by atoms with Crippen LogP contribution in [0.15, 0.2) is 48.5 Å². The van der Waals surface area contributed by atoms with Crippen LogP contribution in [0.25, 0.3) is 27.9 Å². The van der Waals surface area contributed by atoms with Crippen molar-refractivity contribution < 1.29 is 23.8 Å². The van der Waals surface area contributed by atoms with Crippen molar-refractivity contribution in [3.63, 3.8) is 0 Å². The summed E-state index contributed by atoms with van der Waals surface area (Å²) in [5, 5.41) is 0. The van der Waals surface area contributed by atoms with Crippen LogP contribution < -0.4 is 5.73 Å². The van der Waals surface area contributed by atoms with Gasteiger partial charge in [0.15, 0.2) is 5.65 Å². The second-order valence-electron chi connectivity index (χ2n) is 7.98. The summed E-state index contributed by atoms with van der Waals surface area (Å²) in [5.74, 6) is -0.834. The standard InChI is InChI=1S/C25H24N4O5/c1-2-32-24(30)15-9-11-16(12-10-15)29-22(26)20(25(31)34-14-17-6-5-13-33-17)21-23(29)28-19-8-4-3-7-18(19)27-21/h3-4,7-12,17H,2,5-6,13-14,26H2,1H3/t17-/m0/s1. The van der Waals surface area contributed by atoms with Gasteiger partial charge >= 0.3 is 11.9 Å². The molecular formula is C25H24N4O5. The lowest BCUT2D eigenvalue weighted by atomic mass is 10.2. The molecule has 0 radical (unpaired) electrons. The quantitative estimate of drug-likeness (QED) is 0.433. The minimum absolute atomic E-state index is 0.110. The maximum atomic E-state index is 13.1. The van der Waals surface area contributed by atoms with Crippen molar-refractivity contribution in [3.05, 3.63) is 59.7 Å². The number of para-hydroxylation sites is 2. The van der Waals surface area contributed by atoms with Gasteiger partial charge in [0.2, 0.25) is 0 Å². The molecule has 1 fully saturated rings. The SMILES string of the molecule is CCOC(=O)c1ccc(-n2c(N)c(C(=O)OC[C@@H]3CCCO3)c3nc4ccccc4nc32)cc1. The Morgan fingerprint density at radius 2 is 1.79 bits per heavy atom. The normalized spacial score (nSPS) is 15.6. The second-order valence-corrected chi connectivity index (χ2v) is 7.98. The number of fused-ring (bicyclic) bond motifs is 2. The van der Waals surface area contributed by atoms with Crippen LogP contribution in [0.5, 0.6) is 0 Å².